The molecule has 0 fully saturated rings. The van der Waals surface area contributed by atoms with Crippen molar-refractivity contribution in [2.24, 2.45) is 0 Å². The number of esters is 1. The van der Waals surface area contributed by atoms with Gasteiger partial charge in [-0.1, -0.05) is 90.6 Å². The van der Waals surface area contributed by atoms with Gasteiger partial charge in [-0.05, 0) is 60.4 Å². The molecular weight excluding hydrogens is 492 g/mol. The van der Waals surface area contributed by atoms with E-state index in [-0.39, 0.29) is 18.4 Å². The van der Waals surface area contributed by atoms with Gasteiger partial charge in [0.15, 0.2) is 0 Å². The maximum Gasteiger partial charge on any atom is 0.322 e. The summed E-state index contributed by atoms with van der Waals surface area (Å²) in [7, 11) is 0. The fourth-order valence-corrected chi connectivity index (χ4v) is 5.01. The zero-order valence-electron chi connectivity index (χ0n) is 21.5. The first kappa shape index (κ1) is 27.0. The van der Waals surface area contributed by atoms with Crippen molar-refractivity contribution in [1.29, 1.82) is 0 Å². The van der Waals surface area contributed by atoms with Crippen LogP contribution in [0.4, 0.5) is 10.5 Å². The summed E-state index contributed by atoms with van der Waals surface area (Å²) in [6.45, 7) is 3.19. The number of anilines is 1. The Bertz CT molecular complexity index is 1330. The highest BCUT2D eigenvalue weighted by molar-refractivity contribution is 7.99. The van der Waals surface area contributed by atoms with E-state index in [0.29, 0.717) is 19.7 Å². The van der Waals surface area contributed by atoms with Gasteiger partial charge in [-0.2, -0.15) is 0 Å². The standard InChI is InChI=1S/C32H32N2O3S/c1-2-37-31(35)22-27-15-9-17-29(21-27)38-30-18-10-16-28(23-30)34(20-19-25-11-5-3-6-12-25)32(36)33-24-26-13-7-4-8-14-26/h3-18,21,23H,2,19-20,22,24H2,1H3,(H,33,36). The molecule has 0 aliphatic heterocycles. The first-order valence-electron chi connectivity index (χ1n) is 12.8. The van der Waals surface area contributed by atoms with Crippen LogP contribution in [0, 0.1) is 0 Å². The van der Waals surface area contributed by atoms with E-state index in [1.807, 2.05) is 104 Å². The Balaban J connectivity index is 1.50. The maximum atomic E-state index is 13.4. The normalized spacial score (nSPS) is 10.6. The molecule has 0 atom stereocenters. The summed E-state index contributed by atoms with van der Waals surface area (Å²) >= 11 is 1.60. The molecule has 4 aromatic carbocycles. The molecule has 194 valence electrons. The molecule has 0 aromatic heterocycles. The number of carbonyl (C=O) groups excluding carboxylic acids is 2. The fraction of sp³-hybridized carbons (Fsp3) is 0.188. The summed E-state index contributed by atoms with van der Waals surface area (Å²) < 4.78 is 5.08. The van der Waals surface area contributed by atoms with E-state index >= 15 is 0 Å². The smallest absolute Gasteiger partial charge is 0.322 e. The summed E-state index contributed by atoms with van der Waals surface area (Å²) in [5, 5.41) is 3.08. The fourth-order valence-electron chi connectivity index (χ4n) is 4.05. The predicted molar refractivity (Wildman–Crippen MR) is 154 cm³/mol. The van der Waals surface area contributed by atoms with Crippen LogP contribution in [-0.2, 0) is 28.9 Å². The van der Waals surface area contributed by atoms with Crippen molar-refractivity contribution in [3.05, 3.63) is 126 Å². The van der Waals surface area contributed by atoms with Gasteiger partial charge < -0.3 is 10.1 Å². The number of urea groups is 1. The molecule has 6 heteroatoms. The molecule has 0 saturated heterocycles. The Morgan fingerprint density at radius 1 is 0.763 bits per heavy atom. The lowest BCUT2D eigenvalue weighted by Gasteiger charge is -2.24. The average Bonchev–Trinajstić information content (AvgIpc) is 2.94. The number of nitrogens with zero attached hydrogens (tertiary/aromatic N) is 1. The van der Waals surface area contributed by atoms with Crippen molar-refractivity contribution in [3.8, 4) is 0 Å². The van der Waals surface area contributed by atoms with E-state index in [4.69, 9.17) is 4.74 Å². The number of benzene rings is 4. The van der Waals surface area contributed by atoms with E-state index in [2.05, 4.69) is 17.4 Å². The molecular formula is C32H32N2O3S. The van der Waals surface area contributed by atoms with Gasteiger partial charge in [0.1, 0.15) is 0 Å². The van der Waals surface area contributed by atoms with Crippen LogP contribution in [0.5, 0.6) is 0 Å². The van der Waals surface area contributed by atoms with Gasteiger partial charge in [0.05, 0.1) is 13.0 Å². The highest BCUT2D eigenvalue weighted by atomic mass is 32.2. The largest absolute Gasteiger partial charge is 0.466 e. The predicted octanol–water partition coefficient (Wildman–Crippen LogP) is 6.90. The molecule has 0 spiro atoms. The summed E-state index contributed by atoms with van der Waals surface area (Å²) in [4.78, 5) is 29.1. The summed E-state index contributed by atoms with van der Waals surface area (Å²) in [5.74, 6) is -0.229. The second-order valence-electron chi connectivity index (χ2n) is 8.76. The molecule has 4 rings (SSSR count). The van der Waals surface area contributed by atoms with Crippen molar-refractivity contribution >= 4 is 29.4 Å². The monoisotopic (exact) mass is 524 g/mol. The van der Waals surface area contributed by atoms with E-state index < -0.39 is 0 Å². The minimum atomic E-state index is -0.229. The molecule has 0 radical (unpaired) electrons. The molecule has 0 bridgehead atoms. The lowest BCUT2D eigenvalue weighted by molar-refractivity contribution is -0.142. The maximum absolute atomic E-state index is 13.4. The second kappa shape index (κ2) is 14.1. The van der Waals surface area contributed by atoms with Crippen LogP contribution in [-0.4, -0.2) is 25.2 Å². The van der Waals surface area contributed by atoms with Crippen molar-refractivity contribution in [2.45, 2.75) is 36.1 Å². The molecule has 0 aliphatic carbocycles. The van der Waals surface area contributed by atoms with Gasteiger partial charge in [-0.25, -0.2) is 4.79 Å². The van der Waals surface area contributed by atoms with Crippen LogP contribution in [0.25, 0.3) is 0 Å². The number of hydrogen-bond donors (Lipinski definition) is 1. The third-order valence-corrected chi connectivity index (χ3v) is 6.90. The van der Waals surface area contributed by atoms with Crippen molar-refractivity contribution in [3.63, 3.8) is 0 Å². The van der Waals surface area contributed by atoms with E-state index in [0.717, 1.165) is 33.0 Å². The molecule has 4 aromatic rings. The molecule has 0 unspecified atom stereocenters. The average molecular weight is 525 g/mol. The number of ether oxygens (including phenoxy) is 1. The number of carbonyl (C=O) groups is 2. The van der Waals surface area contributed by atoms with Gasteiger partial charge in [-0.15, -0.1) is 0 Å². The topological polar surface area (TPSA) is 58.6 Å². The van der Waals surface area contributed by atoms with Crippen molar-refractivity contribution < 1.29 is 14.3 Å². The quantitative estimate of drug-likeness (QED) is 0.217. The third-order valence-electron chi connectivity index (χ3n) is 5.92. The van der Waals surface area contributed by atoms with Gasteiger partial charge in [0, 0.05) is 28.6 Å². The Kier molecular flexibility index (Phi) is 9.99. The molecule has 38 heavy (non-hydrogen) atoms. The second-order valence-corrected chi connectivity index (χ2v) is 9.91. The van der Waals surface area contributed by atoms with Gasteiger partial charge in [0.25, 0.3) is 0 Å². The van der Waals surface area contributed by atoms with E-state index in [1.54, 1.807) is 16.7 Å². The van der Waals surface area contributed by atoms with Gasteiger partial charge in [0.2, 0.25) is 0 Å². The zero-order chi connectivity index (χ0) is 26.6. The summed E-state index contributed by atoms with van der Waals surface area (Å²) in [6.07, 6.45) is 0.990. The lowest BCUT2D eigenvalue weighted by Crippen LogP contribution is -2.41. The molecule has 1 N–H and O–H groups in total. The Morgan fingerprint density at radius 3 is 2.11 bits per heavy atom. The minimum Gasteiger partial charge on any atom is -0.466 e. The first-order chi connectivity index (χ1) is 18.6. The molecule has 0 aliphatic rings. The van der Waals surface area contributed by atoms with Crippen LogP contribution in [0.2, 0.25) is 0 Å². The zero-order valence-corrected chi connectivity index (χ0v) is 22.3. The Morgan fingerprint density at radius 2 is 1.39 bits per heavy atom. The van der Waals surface area contributed by atoms with E-state index in [1.165, 1.54) is 5.56 Å². The summed E-state index contributed by atoms with van der Waals surface area (Å²) in [5.41, 5.74) is 3.97. The SMILES string of the molecule is CCOC(=O)Cc1cccc(Sc2cccc(N(CCc3ccccc3)C(=O)NCc3ccccc3)c2)c1. The van der Waals surface area contributed by atoms with Gasteiger partial charge >= 0.3 is 12.0 Å². The highest BCUT2D eigenvalue weighted by Gasteiger charge is 2.16. The highest BCUT2D eigenvalue weighted by Crippen LogP contribution is 2.31. The molecule has 0 saturated carbocycles. The van der Waals surface area contributed by atoms with Crippen LogP contribution in [0.15, 0.2) is 119 Å². The third kappa shape index (κ3) is 8.25. The summed E-state index contributed by atoms with van der Waals surface area (Å²) in [6, 6.07) is 35.9. The molecule has 5 nitrogen and oxygen atoms in total. The lowest BCUT2D eigenvalue weighted by atomic mass is 10.1. The molecule has 0 heterocycles. The Labute approximate surface area is 228 Å². The van der Waals surface area contributed by atoms with E-state index in [9.17, 15) is 9.59 Å². The van der Waals surface area contributed by atoms with Crippen molar-refractivity contribution in [2.75, 3.05) is 18.1 Å². The van der Waals surface area contributed by atoms with Crippen molar-refractivity contribution in [1.82, 2.24) is 5.32 Å². The minimum absolute atomic E-state index is 0.136. The number of hydrogen-bond acceptors (Lipinski definition) is 4. The molecule has 2 amide bonds. The van der Waals surface area contributed by atoms with Crippen LogP contribution >= 0.6 is 11.8 Å². The van der Waals surface area contributed by atoms with Crippen LogP contribution in [0.3, 0.4) is 0 Å². The number of amides is 2. The van der Waals surface area contributed by atoms with Gasteiger partial charge in [-0.3, -0.25) is 9.69 Å². The van der Waals surface area contributed by atoms with Crippen LogP contribution < -0.4 is 10.2 Å². The van der Waals surface area contributed by atoms with Crippen LogP contribution in [0.1, 0.15) is 23.6 Å². The Hall–Kier alpha value is -4.03. The number of nitrogens with one attached hydrogen (secondary N) is 1. The number of rotatable bonds is 11. The first-order valence-corrected chi connectivity index (χ1v) is 13.6.